The molecule has 0 spiro atoms. The molecule has 0 aliphatic carbocycles. The van der Waals surface area contributed by atoms with Crippen LogP contribution in [0.5, 0.6) is 11.5 Å². The van der Waals surface area contributed by atoms with Gasteiger partial charge in [0.15, 0.2) is 25.2 Å². The molecular formula is C82H124ClN7O29S2. The smallest absolute Gasteiger partial charge is 0.415 e. The highest BCUT2D eigenvalue weighted by Crippen LogP contribution is 2.47. The first-order valence-electron chi connectivity index (χ1n) is 40.2. The predicted molar refractivity (Wildman–Crippen MR) is 450 cm³/mol. The highest BCUT2D eigenvalue weighted by molar-refractivity contribution is 8.76. The summed E-state index contributed by atoms with van der Waals surface area (Å²) >= 11 is 6.52. The molecule has 9 atom stereocenters. The number of carbonyl (C=O) groups excluding carboxylic acids is 7. The molecule has 121 heavy (non-hydrogen) atoms. The van der Waals surface area contributed by atoms with E-state index in [1.54, 1.807) is 55.8 Å². The minimum absolute atomic E-state index is 0.0416. The van der Waals surface area contributed by atoms with Crippen molar-refractivity contribution in [3.8, 4) is 11.5 Å². The van der Waals surface area contributed by atoms with Crippen LogP contribution in [0.2, 0.25) is 0 Å². The second-order valence-corrected chi connectivity index (χ2v) is 30.1. The van der Waals surface area contributed by atoms with Crippen LogP contribution in [0.15, 0.2) is 71.9 Å². The first-order chi connectivity index (χ1) is 58.5. The van der Waals surface area contributed by atoms with Gasteiger partial charge >= 0.3 is 30.0 Å². The Morgan fingerprint density at radius 1 is 0.570 bits per heavy atom. The second kappa shape index (κ2) is 60.8. The molecule has 4 heterocycles. The number of carboxylic acid groups (broad SMARTS) is 1. The number of aliphatic hydroxyl groups excluding tert-OH is 7. The number of H-pyrrole nitrogens is 1. The number of methoxy groups -OCH3 is 5. The van der Waals surface area contributed by atoms with E-state index in [2.05, 4.69) is 25.5 Å². The normalized spacial score (nSPS) is 15.1. The summed E-state index contributed by atoms with van der Waals surface area (Å²) in [5, 5.41) is 82.2. The van der Waals surface area contributed by atoms with E-state index < -0.39 is 61.2 Å². The maximum Gasteiger partial charge on any atom is 0.415 e. The zero-order valence-corrected chi connectivity index (χ0v) is 72.9. The average Bonchev–Trinajstić information content (AvgIpc) is 1.60. The first-order valence-corrected chi connectivity index (χ1v) is 43.1. The predicted octanol–water partition coefficient (Wildman–Crippen LogP) is 6.70. The maximum atomic E-state index is 14.3. The fourth-order valence-corrected chi connectivity index (χ4v) is 14.0. The summed E-state index contributed by atoms with van der Waals surface area (Å²) in [6.07, 6.45) is 1.07. The number of nitrogens with zero attached hydrogens (tertiary/aromatic N) is 4. The number of aromatic nitrogens is 2. The average molecular weight is 1770 g/mol. The maximum absolute atomic E-state index is 14.3. The number of carbonyl (C=O) groups is 8. The number of pyridine rings is 1. The third kappa shape index (κ3) is 37.7. The van der Waals surface area contributed by atoms with Gasteiger partial charge in [-0.05, 0) is 91.0 Å². The Kier molecular flexibility index (Phi) is 53.1. The van der Waals surface area contributed by atoms with Crippen molar-refractivity contribution < 1.29 is 141 Å². The number of ether oxygens (including phenoxy) is 13. The van der Waals surface area contributed by atoms with E-state index in [-0.39, 0.29) is 165 Å². The van der Waals surface area contributed by atoms with Gasteiger partial charge in [0.25, 0.3) is 5.91 Å². The Morgan fingerprint density at radius 2 is 1.06 bits per heavy atom. The van der Waals surface area contributed by atoms with E-state index in [0.29, 0.717) is 135 Å². The van der Waals surface area contributed by atoms with Crippen LogP contribution in [0.3, 0.4) is 0 Å². The van der Waals surface area contributed by atoms with Gasteiger partial charge in [-0.2, -0.15) is 0 Å². The molecule has 0 saturated carbocycles. The molecule has 8 unspecified atom stereocenters. The number of carboxylic acids is 1. The molecule has 7 rings (SSSR count). The number of piperazine rings is 1. The van der Waals surface area contributed by atoms with E-state index in [9.17, 15) is 53.7 Å². The standard InChI is InChI=1S/C44H56ClN5O12.C19H30N2O6S2.C12H22O7.C7H16O4/c1-4-29(23-51)61-40(59-3)26-60-39(55)11-7-10-38(54)46-12-13-48-14-16-49(17-15-48)44(57)62-37-20-35-41(31-9-6-5-8-30(31)37)28(21-45)22-50(35)43(56)34-18-27-19-36(58-2)32(24-52)33(25-53)42(27)47-34;1-3-15(13-22)27-19(25-2)14-26-18(24)9-6-7-16(23)20-11-12-28-29-17-8-4-5-10-21-17;1-3-9(7-13)19-12(17-2)8-18-11(16)6-4-5-10(14)15;1-3-6(4-8)11-7(5-9)10-2/h5-6,8-9,18-20,28-29,40,47,51-53H,4,7,10-17,21-26H2,1-3H3,(H,46,54);4-5,8,10,15,19,22H,3,6-7,9,11-14H2,1-2H3,(H,20,23);9,12-13H,3-8H2,1-2H3,(H,14,15);6-9H,3-5H2,1-2H3/t28-,29?,40?;;;/m1.../s1. The summed E-state index contributed by atoms with van der Waals surface area (Å²) in [6.45, 7) is 9.63. The summed E-state index contributed by atoms with van der Waals surface area (Å²) in [6, 6.07) is 18.4. The van der Waals surface area contributed by atoms with Crippen LogP contribution in [-0.4, -0.2) is 310 Å². The van der Waals surface area contributed by atoms with E-state index in [1.165, 1.54) is 35.5 Å². The number of anilines is 1. The SMILES string of the molecule is CCC(CO)OC(CO)OC.CCC(CO)OC(COC(=O)CCCC(=O)NCCN1CCN(C(=O)Oc2cc3c(c4ccccc24)[C@H](CCl)CN3C(=O)c2cc3cc(OC)c(CO)c(CO)c3[nH]2)CC1)OC.CCC(CO)OC(COC(=O)CCCC(=O)NCCSSc1ccccn1)OC.CCC(CO)OC(COC(=O)CCCC(=O)O)OC. The number of esters is 3. The zero-order valence-electron chi connectivity index (χ0n) is 70.5. The van der Waals surface area contributed by atoms with Crippen molar-refractivity contribution >= 4 is 108 Å². The van der Waals surface area contributed by atoms with Gasteiger partial charge in [0.05, 0.1) is 89.0 Å². The van der Waals surface area contributed by atoms with Crippen molar-refractivity contribution in [3.05, 3.63) is 89.2 Å². The van der Waals surface area contributed by atoms with Gasteiger partial charge in [-0.25, -0.2) is 9.78 Å². The Balaban J connectivity index is 0.000000426. The van der Waals surface area contributed by atoms with Crippen LogP contribution in [0.25, 0.3) is 21.7 Å². The zero-order chi connectivity index (χ0) is 89.0. The topological polar surface area (TPSA) is 481 Å². The largest absolute Gasteiger partial charge is 0.496 e. The minimum atomic E-state index is -0.945. The summed E-state index contributed by atoms with van der Waals surface area (Å²) in [5.74, 6) is -1.41. The molecule has 2 aromatic heterocycles. The number of aliphatic hydroxyl groups is 7. The Hall–Kier alpha value is -7.68. The molecule has 1 fully saturated rings. The van der Waals surface area contributed by atoms with E-state index in [0.717, 1.165) is 21.7 Å². The van der Waals surface area contributed by atoms with Gasteiger partial charge in [0.1, 0.15) is 42.0 Å². The molecule has 5 aromatic rings. The van der Waals surface area contributed by atoms with Crippen LogP contribution in [-0.2, 0) is 94.1 Å². The number of aliphatic carboxylic acids is 1. The van der Waals surface area contributed by atoms with Crippen molar-refractivity contribution in [2.75, 3.05) is 157 Å². The summed E-state index contributed by atoms with van der Waals surface area (Å²) < 4.78 is 68.2. The lowest BCUT2D eigenvalue weighted by Gasteiger charge is -2.34. The number of rotatable bonds is 53. The van der Waals surface area contributed by atoms with Crippen molar-refractivity contribution in [2.24, 2.45) is 0 Å². The molecule has 2 aliphatic rings. The molecule has 1 saturated heterocycles. The third-order valence-corrected chi connectivity index (χ3v) is 21.6. The van der Waals surface area contributed by atoms with Crippen molar-refractivity contribution in [1.29, 1.82) is 0 Å². The summed E-state index contributed by atoms with van der Waals surface area (Å²) in [5.41, 5.74) is 3.10. The fraction of sp³-hybridized carbons (Fsp3) is 0.622. The quantitative estimate of drug-likeness (QED) is 0.00482. The van der Waals surface area contributed by atoms with Gasteiger partial charge in [0, 0.05) is 171 Å². The molecule has 3 aromatic carbocycles. The van der Waals surface area contributed by atoms with Crippen LogP contribution < -0.4 is 25.0 Å². The highest BCUT2D eigenvalue weighted by atomic mass is 35.5. The van der Waals surface area contributed by atoms with Crippen LogP contribution in [0.4, 0.5) is 10.5 Å². The Morgan fingerprint density at radius 3 is 1.50 bits per heavy atom. The van der Waals surface area contributed by atoms with Crippen molar-refractivity contribution in [1.82, 2.24) is 30.4 Å². The number of benzene rings is 3. The lowest BCUT2D eigenvalue weighted by molar-refractivity contribution is -0.194. The van der Waals surface area contributed by atoms with Gasteiger partial charge in [-0.3, -0.25) is 38.5 Å². The third-order valence-electron chi connectivity index (χ3n) is 19.0. The molecular weight excluding hydrogens is 1650 g/mol. The molecule has 2 aliphatic heterocycles. The lowest BCUT2D eigenvalue weighted by Crippen LogP contribution is -2.51. The summed E-state index contributed by atoms with van der Waals surface area (Å²) in [7, 11) is 10.4. The number of amides is 4. The molecule has 11 N–H and O–H groups in total. The van der Waals surface area contributed by atoms with Crippen LogP contribution in [0, 0.1) is 0 Å². The second-order valence-electron chi connectivity index (χ2n) is 27.3. The van der Waals surface area contributed by atoms with Gasteiger partial charge < -0.3 is 128 Å². The van der Waals surface area contributed by atoms with Gasteiger partial charge in [-0.15, -0.1) is 11.6 Å². The number of fused-ring (bicyclic) bond motifs is 4. The van der Waals surface area contributed by atoms with Gasteiger partial charge in [-0.1, -0.05) is 68.8 Å². The van der Waals surface area contributed by atoms with Crippen LogP contribution >= 0.6 is 33.2 Å². The molecule has 4 amide bonds. The first kappa shape index (κ1) is 106. The Bertz CT molecular complexity index is 3820. The fourth-order valence-electron chi connectivity index (χ4n) is 12.0. The highest BCUT2D eigenvalue weighted by Gasteiger charge is 2.37. The molecule has 36 nitrogen and oxygen atoms in total. The van der Waals surface area contributed by atoms with E-state index >= 15 is 0 Å². The minimum Gasteiger partial charge on any atom is -0.496 e. The number of halogens is 1. The number of alkyl halides is 1. The summed E-state index contributed by atoms with van der Waals surface area (Å²) in [4.78, 5) is 110. The van der Waals surface area contributed by atoms with Crippen molar-refractivity contribution in [2.45, 2.75) is 185 Å². The van der Waals surface area contributed by atoms with Gasteiger partial charge in [0.2, 0.25) is 11.8 Å². The van der Waals surface area contributed by atoms with E-state index in [1.807, 2.05) is 70.2 Å². The molecule has 0 bridgehead atoms. The number of nitrogens with one attached hydrogen (secondary N) is 3. The molecule has 680 valence electrons. The molecule has 0 radical (unpaired) electrons. The number of hydrogen-bond acceptors (Lipinski definition) is 32. The molecule has 39 heteroatoms. The Labute approximate surface area is 718 Å². The van der Waals surface area contributed by atoms with Crippen LogP contribution in [0.1, 0.15) is 144 Å². The monoisotopic (exact) mass is 1770 g/mol. The number of aromatic amines is 1. The van der Waals surface area contributed by atoms with E-state index in [4.69, 9.17) is 98.7 Å². The number of hydrogen-bond donors (Lipinski definition) is 11. The lowest BCUT2D eigenvalue weighted by atomic mass is 9.95. The van der Waals surface area contributed by atoms with Crippen molar-refractivity contribution in [3.63, 3.8) is 0 Å².